The Hall–Kier alpha value is -3.08. The second-order valence-electron chi connectivity index (χ2n) is 5.51. The Morgan fingerprint density at radius 2 is 1.67 bits per heavy atom. The van der Waals surface area contributed by atoms with Crippen molar-refractivity contribution >= 4 is 17.6 Å². The molecule has 2 aromatic carbocycles. The molecule has 122 valence electrons. The third-order valence-corrected chi connectivity index (χ3v) is 3.87. The number of benzene rings is 2. The molecule has 0 aliphatic carbocycles. The Bertz CT molecular complexity index is 755. The van der Waals surface area contributed by atoms with Crippen LogP contribution >= 0.6 is 0 Å². The fourth-order valence-electron chi connectivity index (χ4n) is 2.64. The molecule has 1 unspecified atom stereocenters. The molecule has 1 amide bonds. The van der Waals surface area contributed by atoms with Crippen molar-refractivity contribution in [1.29, 1.82) is 0 Å². The molecule has 1 heterocycles. The Balaban J connectivity index is 1.71. The second kappa shape index (κ2) is 7.00. The van der Waals surface area contributed by atoms with Crippen molar-refractivity contribution in [2.45, 2.75) is 12.6 Å². The van der Waals surface area contributed by atoms with Crippen LogP contribution in [0.4, 0.5) is 4.79 Å². The minimum Gasteiger partial charge on any atom is -0.479 e. The van der Waals surface area contributed by atoms with Gasteiger partial charge in [0.2, 0.25) is 0 Å². The maximum atomic E-state index is 12.3. The van der Waals surface area contributed by atoms with Crippen LogP contribution in [0.2, 0.25) is 0 Å². The normalized spacial score (nSPS) is 16.6. The Labute approximate surface area is 139 Å². The molecule has 1 atom stereocenters. The number of amides is 1. The van der Waals surface area contributed by atoms with E-state index >= 15 is 0 Å². The van der Waals surface area contributed by atoms with Crippen molar-refractivity contribution in [2.75, 3.05) is 6.54 Å². The van der Waals surface area contributed by atoms with Gasteiger partial charge in [-0.25, -0.2) is 9.59 Å². The van der Waals surface area contributed by atoms with Crippen LogP contribution in [0.3, 0.4) is 0 Å². The highest BCUT2D eigenvalue weighted by Gasteiger charge is 2.35. The lowest BCUT2D eigenvalue weighted by atomic mass is 10.1. The molecule has 24 heavy (non-hydrogen) atoms. The van der Waals surface area contributed by atoms with E-state index in [1.54, 1.807) is 6.08 Å². The van der Waals surface area contributed by atoms with Gasteiger partial charge in [-0.1, -0.05) is 60.7 Å². The van der Waals surface area contributed by atoms with Crippen LogP contribution in [-0.2, 0) is 16.1 Å². The fraction of sp³-hybridized carbons (Fsp3) is 0.158. The molecule has 0 radical (unpaired) electrons. The summed E-state index contributed by atoms with van der Waals surface area (Å²) < 4.78 is 5.27. The van der Waals surface area contributed by atoms with E-state index in [0.29, 0.717) is 0 Å². The molecule has 0 bridgehead atoms. The monoisotopic (exact) mass is 323 g/mol. The lowest BCUT2D eigenvalue weighted by molar-refractivity contribution is -0.140. The molecule has 0 saturated carbocycles. The van der Waals surface area contributed by atoms with Crippen LogP contribution in [0.5, 0.6) is 0 Å². The van der Waals surface area contributed by atoms with Gasteiger partial charge < -0.3 is 9.84 Å². The van der Waals surface area contributed by atoms with E-state index in [4.69, 9.17) is 4.74 Å². The number of carboxylic acids is 1. The van der Waals surface area contributed by atoms with Crippen LogP contribution in [0.25, 0.3) is 5.57 Å². The number of ether oxygens (including phenoxy) is 1. The first-order valence-electron chi connectivity index (χ1n) is 7.61. The molecular weight excluding hydrogens is 306 g/mol. The maximum absolute atomic E-state index is 12.3. The number of aliphatic carboxylic acids is 1. The number of carboxylic acid groups (broad SMARTS) is 1. The molecule has 1 aliphatic rings. The summed E-state index contributed by atoms with van der Waals surface area (Å²) in [5.41, 5.74) is 2.56. The highest BCUT2D eigenvalue weighted by Crippen LogP contribution is 2.26. The summed E-state index contributed by atoms with van der Waals surface area (Å²) in [6.07, 6.45) is 0.968. The second-order valence-corrected chi connectivity index (χ2v) is 5.51. The molecule has 1 N–H and O–H groups in total. The maximum Gasteiger partial charge on any atom is 0.411 e. The van der Waals surface area contributed by atoms with Gasteiger partial charge in [0.05, 0.1) is 6.54 Å². The van der Waals surface area contributed by atoms with E-state index < -0.39 is 18.1 Å². The van der Waals surface area contributed by atoms with Gasteiger partial charge in [-0.3, -0.25) is 4.90 Å². The van der Waals surface area contributed by atoms with E-state index in [-0.39, 0.29) is 13.2 Å². The van der Waals surface area contributed by atoms with Gasteiger partial charge >= 0.3 is 12.1 Å². The molecule has 0 aromatic heterocycles. The first-order valence-corrected chi connectivity index (χ1v) is 7.61. The van der Waals surface area contributed by atoms with Crippen molar-refractivity contribution in [2.24, 2.45) is 0 Å². The van der Waals surface area contributed by atoms with Gasteiger partial charge in [0.1, 0.15) is 6.61 Å². The fourth-order valence-corrected chi connectivity index (χ4v) is 2.64. The number of hydrogen-bond acceptors (Lipinski definition) is 3. The van der Waals surface area contributed by atoms with Gasteiger partial charge in [0.25, 0.3) is 0 Å². The zero-order valence-corrected chi connectivity index (χ0v) is 13.0. The summed E-state index contributed by atoms with van der Waals surface area (Å²) in [6.45, 7) is 0.331. The minimum atomic E-state index is -1.07. The van der Waals surface area contributed by atoms with E-state index in [1.165, 1.54) is 4.90 Å². The molecule has 1 aliphatic heterocycles. The quantitative estimate of drug-likeness (QED) is 0.938. The predicted octanol–water partition coefficient (Wildman–Crippen LogP) is 3.18. The molecular formula is C19H17NO4. The van der Waals surface area contributed by atoms with E-state index in [9.17, 15) is 14.7 Å². The third-order valence-electron chi connectivity index (χ3n) is 3.87. The number of hydrogen-bond donors (Lipinski definition) is 1. The van der Waals surface area contributed by atoms with Crippen LogP contribution in [0.1, 0.15) is 11.1 Å². The highest BCUT2D eigenvalue weighted by atomic mass is 16.6. The predicted molar refractivity (Wildman–Crippen MR) is 89.2 cm³/mol. The van der Waals surface area contributed by atoms with Gasteiger partial charge in [0.15, 0.2) is 6.04 Å². The molecule has 5 nitrogen and oxygen atoms in total. The van der Waals surface area contributed by atoms with Crippen LogP contribution in [0, 0.1) is 0 Å². The molecule has 5 heteroatoms. The zero-order chi connectivity index (χ0) is 16.9. The SMILES string of the molecule is O=C(O)C1C=C(c2ccccc2)CN1C(=O)OCc1ccccc1. The Morgan fingerprint density at radius 3 is 2.29 bits per heavy atom. The smallest absolute Gasteiger partial charge is 0.411 e. The number of carbonyl (C=O) groups excluding carboxylic acids is 1. The van der Waals surface area contributed by atoms with E-state index in [0.717, 1.165) is 16.7 Å². The number of nitrogens with zero attached hydrogens (tertiary/aromatic N) is 1. The lowest BCUT2D eigenvalue weighted by Gasteiger charge is -2.21. The van der Waals surface area contributed by atoms with E-state index in [1.807, 2.05) is 60.7 Å². The van der Waals surface area contributed by atoms with Crippen molar-refractivity contribution in [3.63, 3.8) is 0 Å². The minimum absolute atomic E-state index is 0.114. The van der Waals surface area contributed by atoms with Crippen LogP contribution in [-0.4, -0.2) is 34.7 Å². The third kappa shape index (κ3) is 3.46. The average molecular weight is 323 g/mol. The first-order chi connectivity index (χ1) is 11.6. The number of carbonyl (C=O) groups is 2. The Morgan fingerprint density at radius 1 is 1.04 bits per heavy atom. The van der Waals surface area contributed by atoms with Crippen molar-refractivity contribution < 1.29 is 19.4 Å². The molecule has 0 fully saturated rings. The topological polar surface area (TPSA) is 66.8 Å². The summed E-state index contributed by atoms with van der Waals surface area (Å²) in [4.78, 5) is 25.0. The van der Waals surface area contributed by atoms with Crippen molar-refractivity contribution in [1.82, 2.24) is 4.90 Å². The molecule has 0 saturated heterocycles. The molecule has 3 rings (SSSR count). The Kier molecular flexibility index (Phi) is 4.61. The van der Waals surface area contributed by atoms with Crippen molar-refractivity contribution in [3.05, 3.63) is 77.9 Å². The van der Waals surface area contributed by atoms with E-state index in [2.05, 4.69) is 0 Å². The average Bonchev–Trinajstić information content (AvgIpc) is 3.07. The van der Waals surface area contributed by atoms with Gasteiger partial charge in [-0.15, -0.1) is 0 Å². The highest BCUT2D eigenvalue weighted by molar-refractivity contribution is 5.89. The molecule has 2 aromatic rings. The van der Waals surface area contributed by atoms with Crippen LogP contribution in [0.15, 0.2) is 66.7 Å². The summed E-state index contributed by atoms with van der Waals surface area (Å²) in [5, 5.41) is 9.39. The van der Waals surface area contributed by atoms with Crippen molar-refractivity contribution in [3.8, 4) is 0 Å². The lowest BCUT2D eigenvalue weighted by Crippen LogP contribution is -2.41. The summed E-state index contributed by atoms with van der Waals surface area (Å²) in [7, 11) is 0. The van der Waals surface area contributed by atoms with Gasteiger partial charge in [0, 0.05) is 0 Å². The summed E-state index contributed by atoms with van der Waals surface area (Å²) >= 11 is 0. The first kappa shape index (κ1) is 15.8. The zero-order valence-electron chi connectivity index (χ0n) is 13.0. The largest absolute Gasteiger partial charge is 0.479 e. The summed E-state index contributed by atoms with van der Waals surface area (Å²) in [6, 6.07) is 17.7. The van der Waals surface area contributed by atoms with Crippen LogP contribution < -0.4 is 0 Å². The number of rotatable bonds is 4. The molecule has 0 spiro atoms. The summed E-state index contributed by atoms with van der Waals surface area (Å²) in [5.74, 6) is -1.07. The van der Waals surface area contributed by atoms with Gasteiger partial charge in [-0.2, -0.15) is 0 Å². The van der Waals surface area contributed by atoms with Gasteiger partial charge in [-0.05, 0) is 22.8 Å². The standard InChI is InChI=1S/C19H17NO4/c21-18(22)17-11-16(15-9-5-2-6-10-15)12-20(17)19(23)24-13-14-7-3-1-4-8-14/h1-11,17H,12-13H2,(H,21,22).